The van der Waals surface area contributed by atoms with Gasteiger partial charge >= 0.3 is 0 Å². The summed E-state index contributed by atoms with van der Waals surface area (Å²) < 4.78 is 6.73. The van der Waals surface area contributed by atoms with Crippen molar-refractivity contribution < 1.29 is 9.53 Å². The molecular weight excluding hydrogens is 324 g/mol. The van der Waals surface area contributed by atoms with Crippen molar-refractivity contribution in [3.8, 4) is 0 Å². The third-order valence-electron chi connectivity index (χ3n) is 4.17. The van der Waals surface area contributed by atoms with Crippen molar-refractivity contribution in [1.82, 2.24) is 10.3 Å². The van der Waals surface area contributed by atoms with Crippen molar-refractivity contribution in [2.45, 2.75) is 44.2 Å². The van der Waals surface area contributed by atoms with Crippen LogP contribution in [0.25, 0.3) is 0 Å². The van der Waals surface area contributed by atoms with Gasteiger partial charge in [0.1, 0.15) is 0 Å². The molecule has 21 heavy (non-hydrogen) atoms. The lowest BCUT2D eigenvalue weighted by Crippen LogP contribution is -2.49. The maximum absolute atomic E-state index is 12.2. The van der Waals surface area contributed by atoms with Crippen molar-refractivity contribution in [2.75, 3.05) is 18.1 Å². The van der Waals surface area contributed by atoms with Crippen LogP contribution in [0.15, 0.2) is 0 Å². The second-order valence-corrected chi connectivity index (χ2v) is 8.71. The summed E-state index contributed by atoms with van der Waals surface area (Å²) >= 11 is 8.57. The Bertz CT molecular complexity index is 575. The van der Waals surface area contributed by atoms with Gasteiger partial charge in [0, 0.05) is 29.0 Å². The van der Waals surface area contributed by atoms with Crippen LogP contribution < -0.4 is 5.32 Å². The van der Waals surface area contributed by atoms with Gasteiger partial charge in [-0.2, -0.15) is 11.8 Å². The van der Waals surface area contributed by atoms with Crippen molar-refractivity contribution in [1.29, 1.82) is 0 Å². The fourth-order valence-corrected chi connectivity index (χ4v) is 5.71. The molecule has 0 radical (unpaired) electrons. The zero-order valence-corrected chi connectivity index (χ0v) is 14.5. The van der Waals surface area contributed by atoms with E-state index in [-0.39, 0.29) is 17.6 Å². The molecule has 2 atom stereocenters. The Morgan fingerprint density at radius 3 is 3.14 bits per heavy atom. The quantitative estimate of drug-likeness (QED) is 0.828. The molecule has 7 heteroatoms. The van der Waals surface area contributed by atoms with E-state index >= 15 is 0 Å². The molecule has 2 N–H and O–H groups in total. The minimum Gasteiger partial charge on any atom is -0.374 e. The van der Waals surface area contributed by atoms with Crippen LogP contribution in [-0.2, 0) is 16.0 Å². The number of amides is 1. The average Bonchev–Trinajstić information content (AvgIpc) is 2.97. The molecule has 2 aliphatic heterocycles. The first-order chi connectivity index (χ1) is 10.1. The molecule has 2 aliphatic rings. The summed E-state index contributed by atoms with van der Waals surface area (Å²) in [4.78, 5) is 16.4. The van der Waals surface area contributed by atoms with Crippen LogP contribution in [0.2, 0.25) is 0 Å². The number of ether oxygens (including phenoxy) is 1. The molecule has 1 spiro atoms. The number of thiazole rings is 1. The molecule has 1 aromatic heterocycles. The topological polar surface area (TPSA) is 54.1 Å². The Hall–Kier alpha value is -0.370. The number of thioether (sulfide) groups is 1. The maximum atomic E-state index is 12.2. The molecule has 1 amide bonds. The highest BCUT2D eigenvalue weighted by atomic mass is 32.2. The number of hydrogen-bond donors (Lipinski definition) is 2. The second kappa shape index (κ2) is 6.40. The van der Waals surface area contributed by atoms with Crippen LogP contribution >= 0.6 is 35.3 Å². The van der Waals surface area contributed by atoms with Crippen molar-refractivity contribution >= 4 is 41.2 Å². The van der Waals surface area contributed by atoms with Crippen LogP contribution in [0, 0.1) is 10.9 Å². The molecule has 2 fully saturated rings. The molecular formula is C14H20N2O2S3. The monoisotopic (exact) mass is 344 g/mol. The van der Waals surface area contributed by atoms with Gasteiger partial charge in [0.15, 0.2) is 3.95 Å². The van der Waals surface area contributed by atoms with E-state index in [0.29, 0.717) is 6.42 Å². The van der Waals surface area contributed by atoms with Gasteiger partial charge in [0.25, 0.3) is 0 Å². The molecule has 2 saturated heterocycles. The SMILES string of the molecule is Cc1[nH]c(=S)sc1CC(=O)N[C@@H]1CCO[C@@]2(CCSC2)C1. The predicted molar refractivity (Wildman–Crippen MR) is 89.7 cm³/mol. The number of aromatic nitrogens is 1. The van der Waals surface area contributed by atoms with Gasteiger partial charge < -0.3 is 15.0 Å². The highest BCUT2D eigenvalue weighted by Gasteiger charge is 2.40. The van der Waals surface area contributed by atoms with Crippen LogP contribution in [0.1, 0.15) is 29.8 Å². The standard InChI is InChI=1S/C14H20N2O2S3/c1-9-11(21-13(19)15-9)6-12(17)16-10-2-4-18-14(7-10)3-5-20-8-14/h10H,2-8H2,1H3,(H,15,19)(H,16,17)/t10-,14+/m1/s1. The number of carbonyl (C=O) groups excluding carboxylic acids is 1. The number of rotatable bonds is 3. The summed E-state index contributed by atoms with van der Waals surface area (Å²) in [5.74, 6) is 2.33. The zero-order valence-electron chi connectivity index (χ0n) is 12.1. The van der Waals surface area contributed by atoms with Gasteiger partial charge in [0.05, 0.1) is 12.0 Å². The summed E-state index contributed by atoms with van der Waals surface area (Å²) in [5.41, 5.74) is 1.03. The predicted octanol–water partition coefficient (Wildman–Crippen LogP) is 2.83. The van der Waals surface area contributed by atoms with Gasteiger partial charge in [0.2, 0.25) is 5.91 Å². The van der Waals surface area contributed by atoms with E-state index < -0.39 is 0 Å². The lowest BCUT2D eigenvalue weighted by atomic mass is 9.90. The summed E-state index contributed by atoms with van der Waals surface area (Å²) in [7, 11) is 0. The molecule has 0 aromatic carbocycles. The summed E-state index contributed by atoms with van der Waals surface area (Å²) in [5, 5.41) is 3.19. The Morgan fingerprint density at radius 1 is 1.62 bits per heavy atom. The zero-order chi connectivity index (χ0) is 14.9. The molecule has 0 bridgehead atoms. The fourth-order valence-electron chi connectivity index (χ4n) is 3.04. The van der Waals surface area contributed by atoms with E-state index in [1.54, 1.807) is 0 Å². The van der Waals surface area contributed by atoms with Crippen LogP contribution in [0.4, 0.5) is 0 Å². The van der Waals surface area contributed by atoms with Crippen LogP contribution in [-0.4, -0.2) is 40.6 Å². The molecule has 116 valence electrons. The smallest absolute Gasteiger partial charge is 0.225 e. The fraction of sp³-hybridized carbons (Fsp3) is 0.714. The van der Waals surface area contributed by atoms with E-state index in [4.69, 9.17) is 17.0 Å². The minimum absolute atomic E-state index is 0.0152. The number of aryl methyl sites for hydroxylation is 1. The molecule has 0 unspecified atom stereocenters. The van der Waals surface area contributed by atoms with E-state index in [2.05, 4.69) is 10.3 Å². The Morgan fingerprint density at radius 2 is 2.48 bits per heavy atom. The Kier molecular flexibility index (Phi) is 4.73. The maximum Gasteiger partial charge on any atom is 0.225 e. The van der Waals surface area contributed by atoms with E-state index in [1.165, 1.54) is 17.1 Å². The number of hydrogen-bond acceptors (Lipinski definition) is 5. The second-order valence-electron chi connectivity index (χ2n) is 5.83. The lowest BCUT2D eigenvalue weighted by Gasteiger charge is -2.38. The highest BCUT2D eigenvalue weighted by molar-refractivity contribution is 7.99. The molecule has 1 aromatic rings. The molecule has 3 rings (SSSR count). The third-order valence-corrected chi connectivity index (χ3v) is 6.73. The van der Waals surface area contributed by atoms with E-state index in [0.717, 1.165) is 46.1 Å². The lowest BCUT2D eigenvalue weighted by molar-refractivity contribution is -0.123. The summed E-state index contributed by atoms with van der Waals surface area (Å²) in [6.45, 7) is 2.72. The molecule has 0 saturated carbocycles. The highest BCUT2D eigenvalue weighted by Crippen LogP contribution is 2.38. The van der Waals surface area contributed by atoms with E-state index in [9.17, 15) is 4.79 Å². The average molecular weight is 345 g/mol. The van der Waals surface area contributed by atoms with Gasteiger partial charge in [-0.3, -0.25) is 4.79 Å². The first-order valence-corrected chi connectivity index (χ1v) is 9.64. The first kappa shape index (κ1) is 15.5. The molecule has 3 heterocycles. The Labute approximate surface area is 138 Å². The molecule has 4 nitrogen and oxygen atoms in total. The minimum atomic E-state index is 0.0152. The summed E-state index contributed by atoms with van der Waals surface area (Å²) in [6.07, 6.45) is 3.40. The summed E-state index contributed by atoms with van der Waals surface area (Å²) in [6, 6.07) is 0.247. The van der Waals surface area contributed by atoms with Crippen molar-refractivity contribution in [3.63, 3.8) is 0 Å². The van der Waals surface area contributed by atoms with Crippen LogP contribution in [0.5, 0.6) is 0 Å². The van der Waals surface area contributed by atoms with Gasteiger partial charge in [-0.1, -0.05) is 0 Å². The molecule has 0 aliphatic carbocycles. The number of nitrogens with one attached hydrogen (secondary N) is 2. The first-order valence-electron chi connectivity index (χ1n) is 7.26. The Balaban J connectivity index is 1.57. The van der Waals surface area contributed by atoms with Crippen molar-refractivity contribution in [3.05, 3.63) is 14.5 Å². The third kappa shape index (κ3) is 3.70. The largest absolute Gasteiger partial charge is 0.374 e. The van der Waals surface area contributed by atoms with Gasteiger partial charge in [-0.25, -0.2) is 0 Å². The van der Waals surface area contributed by atoms with Crippen molar-refractivity contribution in [2.24, 2.45) is 0 Å². The normalized spacial score (nSPS) is 28.9. The van der Waals surface area contributed by atoms with Crippen LogP contribution in [0.3, 0.4) is 0 Å². The van der Waals surface area contributed by atoms with Gasteiger partial charge in [-0.05, 0) is 44.2 Å². The van der Waals surface area contributed by atoms with Gasteiger partial charge in [-0.15, -0.1) is 11.3 Å². The number of aromatic amines is 1. The number of H-pyrrole nitrogens is 1. The van der Waals surface area contributed by atoms with E-state index in [1.807, 2.05) is 18.7 Å². The number of carbonyl (C=O) groups is 1.